The molecule has 1 atom stereocenters. The number of aliphatic imine (C=N–C) groups is 1. The summed E-state index contributed by atoms with van der Waals surface area (Å²) in [6.45, 7) is 7.54. The molecule has 1 aliphatic rings. The van der Waals surface area contributed by atoms with Gasteiger partial charge in [0.15, 0.2) is 5.54 Å². The van der Waals surface area contributed by atoms with Crippen LogP contribution in [0.15, 0.2) is 66.2 Å². The van der Waals surface area contributed by atoms with Crippen LogP contribution in [0, 0.1) is 0 Å². The SMILES string of the molecule is C=CC[C@@]1(C(=O)NNCCc2ccccc2OCC)COC(c2ccc(OCCCO)cc2)=N1. The van der Waals surface area contributed by atoms with Gasteiger partial charge in [0, 0.05) is 31.6 Å². The zero-order valence-corrected chi connectivity index (χ0v) is 19.6. The van der Waals surface area contributed by atoms with Crippen molar-refractivity contribution in [3.05, 3.63) is 72.3 Å². The van der Waals surface area contributed by atoms with Gasteiger partial charge in [-0.05, 0) is 49.2 Å². The first kappa shape index (κ1) is 25.3. The van der Waals surface area contributed by atoms with Gasteiger partial charge in [-0.3, -0.25) is 10.2 Å². The molecule has 182 valence electrons. The Balaban J connectivity index is 1.59. The highest BCUT2D eigenvalue weighted by molar-refractivity contribution is 6.00. The van der Waals surface area contributed by atoms with Crippen LogP contribution in [0.5, 0.6) is 11.5 Å². The fraction of sp³-hybridized carbons (Fsp3) is 0.385. The van der Waals surface area contributed by atoms with Gasteiger partial charge in [0.25, 0.3) is 5.91 Å². The number of ether oxygens (including phenoxy) is 3. The first-order valence-electron chi connectivity index (χ1n) is 11.5. The maximum atomic E-state index is 13.0. The molecule has 0 aliphatic carbocycles. The number of hydrogen-bond donors (Lipinski definition) is 3. The van der Waals surface area contributed by atoms with Crippen molar-refractivity contribution in [2.45, 2.75) is 31.7 Å². The fourth-order valence-electron chi connectivity index (χ4n) is 3.56. The van der Waals surface area contributed by atoms with Crippen LogP contribution in [0.25, 0.3) is 0 Å². The number of carbonyl (C=O) groups excluding carboxylic acids is 1. The lowest BCUT2D eigenvalue weighted by atomic mass is 9.97. The van der Waals surface area contributed by atoms with Gasteiger partial charge in [0.05, 0.1) is 13.2 Å². The molecule has 0 saturated heterocycles. The molecule has 1 aliphatic heterocycles. The predicted molar refractivity (Wildman–Crippen MR) is 131 cm³/mol. The number of benzene rings is 2. The molecule has 1 heterocycles. The molecular formula is C26H33N3O5. The highest BCUT2D eigenvalue weighted by Crippen LogP contribution is 2.27. The lowest BCUT2D eigenvalue weighted by Gasteiger charge is -2.21. The van der Waals surface area contributed by atoms with Crippen molar-refractivity contribution in [3.63, 3.8) is 0 Å². The van der Waals surface area contributed by atoms with Gasteiger partial charge in [-0.1, -0.05) is 24.3 Å². The number of hydrogen-bond acceptors (Lipinski definition) is 7. The lowest BCUT2D eigenvalue weighted by Crippen LogP contribution is -2.51. The highest BCUT2D eigenvalue weighted by atomic mass is 16.5. The van der Waals surface area contributed by atoms with E-state index in [9.17, 15) is 4.79 Å². The smallest absolute Gasteiger partial charge is 0.266 e. The molecule has 2 aromatic rings. The van der Waals surface area contributed by atoms with Crippen molar-refractivity contribution in [2.24, 2.45) is 4.99 Å². The van der Waals surface area contributed by atoms with Crippen molar-refractivity contribution in [1.29, 1.82) is 0 Å². The maximum absolute atomic E-state index is 13.0. The van der Waals surface area contributed by atoms with E-state index in [4.69, 9.17) is 19.3 Å². The van der Waals surface area contributed by atoms with E-state index in [-0.39, 0.29) is 19.1 Å². The molecule has 3 rings (SSSR count). The van der Waals surface area contributed by atoms with Gasteiger partial charge < -0.3 is 19.3 Å². The zero-order valence-electron chi connectivity index (χ0n) is 19.6. The zero-order chi connectivity index (χ0) is 24.2. The van der Waals surface area contributed by atoms with E-state index in [2.05, 4.69) is 22.4 Å². The lowest BCUT2D eigenvalue weighted by molar-refractivity contribution is -0.127. The van der Waals surface area contributed by atoms with Crippen LogP contribution < -0.4 is 20.3 Å². The average molecular weight is 468 g/mol. The number of amides is 1. The Kier molecular flexibility index (Phi) is 9.49. The molecule has 0 unspecified atom stereocenters. The second-order valence-electron chi connectivity index (χ2n) is 7.85. The van der Waals surface area contributed by atoms with Gasteiger partial charge in [0.1, 0.15) is 18.1 Å². The molecule has 34 heavy (non-hydrogen) atoms. The van der Waals surface area contributed by atoms with Crippen LogP contribution in [0.3, 0.4) is 0 Å². The first-order valence-corrected chi connectivity index (χ1v) is 11.5. The van der Waals surface area contributed by atoms with Gasteiger partial charge >= 0.3 is 0 Å². The number of carbonyl (C=O) groups is 1. The van der Waals surface area contributed by atoms with Crippen LogP contribution in [0.1, 0.15) is 30.9 Å². The van der Waals surface area contributed by atoms with Crippen molar-refractivity contribution in [1.82, 2.24) is 10.9 Å². The molecule has 0 radical (unpaired) electrons. The summed E-state index contributed by atoms with van der Waals surface area (Å²) < 4.78 is 17.0. The average Bonchev–Trinajstić information content (AvgIpc) is 3.29. The number of nitrogens with zero attached hydrogens (tertiary/aromatic N) is 1. The van der Waals surface area contributed by atoms with Crippen molar-refractivity contribution in [2.75, 3.05) is 33.0 Å². The van der Waals surface area contributed by atoms with Crippen LogP contribution in [0.4, 0.5) is 0 Å². The standard InChI is InChI=1S/C26H33N3O5/c1-3-15-26(25(31)29-27-16-14-20-8-5-6-9-23(20)32-4-2)19-34-24(28-26)21-10-12-22(13-11-21)33-18-7-17-30/h3,5-6,8-13,27,30H,1,4,7,14-19H2,2H3,(H,29,31)/t26-/m0/s1. The Labute approximate surface area is 200 Å². The van der Waals surface area contributed by atoms with Gasteiger partial charge in [0.2, 0.25) is 5.90 Å². The van der Waals surface area contributed by atoms with E-state index in [1.165, 1.54) is 0 Å². The summed E-state index contributed by atoms with van der Waals surface area (Å²) in [5.74, 6) is 1.68. The second kappa shape index (κ2) is 12.8. The monoisotopic (exact) mass is 467 g/mol. The van der Waals surface area contributed by atoms with Crippen LogP contribution in [0.2, 0.25) is 0 Å². The molecular weight excluding hydrogens is 434 g/mol. The van der Waals surface area contributed by atoms with E-state index in [0.717, 1.165) is 16.9 Å². The van der Waals surface area contributed by atoms with E-state index >= 15 is 0 Å². The Morgan fingerprint density at radius 2 is 2.03 bits per heavy atom. The second-order valence-corrected chi connectivity index (χ2v) is 7.85. The predicted octanol–water partition coefficient (Wildman–Crippen LogP) is 2.80. The van der Waals surface area contributed by atoms with Crippen LogP contribution in [-0.4, -0.2) is 55.4 Å². The maximum Gasteiger partial charge on any atom is 0.266 e. The van der Waals surface area contributed by atoms with Gasteiger partial charge in [-0.15, -0.1) is 6.58 Å². The van der Waals surface area contributed by atoms with E-state index in [1.54, 1.807) is 6.08 Å². The van der Waals surface area contributed by atoms with Crippen LogP contribution >= 0.6 is 0 Å². The summed E-state index contributed by atoms with van der Waals surface area (Å²) in [5.41, 5.74) is 6.53. The van der Waals surface area contributed by atoms with E-state index in [0.29, 0.717) is 50.7 Å². The third-order valence-corrected chi connectivity index (χ3v) is 5.33. The normalized spacial score (nSPS) is 16.9. The summed E-state index contributed by atoms with van der Waals surface area (Å²) in [6.07, 6.45) is 3.29. The quantitative estimate of drug-likeness (QED) is 0.224. The Morgan fingerprint density at radius 1 is 1.24 bits per heavy atom. The number of nitrogens with one attached hydrogen (secondary N) is 2. The van der Waals surface area contributed by atoms with Gasteiger partial charge in [-0.25, -0.2) is 10.4 Å². The molecule has 8 nitrogen and oxygen atoms in total. The highest BCUT2D eigenvalue weighted by Gasteiger charge is 2.43. The Hall–Kier alpha value is -3.36. The van der Waals surface area contributed by atoms with Crippen LogP contribution in [-0.2, 0) is 16.0 Å². The molecule has 0 aromatic heterocycles. The molecule has 0 bridgehead atoms. The Morgan fingerprint density at radius 3 is 2.76 bits per heavy atom. The third kappa shape index (κ3) is 6.59. The van der Waals surface area contributed by atoms with E-state index < -0.39 is 5.54 Å². The minimum atomic E-state index is -1.08. The molecule has 8 heteroatoms. The van der Waals surface area contributed by atoms with Gasteiger partial charge in [-0.2, -0.15) is 0 Å². The fourth-order valence-corrected chi connectivity index (χ4v) is 3.56. The van der Waals surface area contributed by atoms with Crippen molar-refractivity contribution < 1.29 is 24.1 Å². The number of para-hydroxylation sites is 1. The molecule has 3 N–H and O–H groups in total. The van der Waals surface area contributed by atoms with E-state index in [1.807, 2.05) is 55.5 Å². The number of rotatable bonds is 14. The minimum absolute atomic E-state index is 0.0889. The topological polar surface area (TPSA) is 101 Å². The number of aliphatic hydroxyl groups is 1. The third-order valence-electron chi connectivity index (χ3n) is 5.33. The molecule has 2 aromatic carbocycles. The first-order chi connectivity index (χ1) is 16.6. The Bertz CT molecular complexity index is 977. The molecule has 0 spiro atoms. The number of aliphatic hydroxyl groups excluding tert-OH is 1. The summed E-state index contributed by atoms with van der Waals surface area (Å²) in [5, 5.41) is 8.86. The van der Waals surface area contributed by atoms with Crippen molar-refractivity contribution in [3.8, 4) is 11.5 Å². The molecule has 0 fully saturated rings. The summed E-state index contributed by atoms with van der Waals surface area (Å²) in [6, 6.07) is 15.2. The largest absolute Gasteiger partial charge is 0.494 e. The minimum Gasteiger partial charge on any atom is -0.494 e. The van der Waals surface area contributed by atoms with Crippen molar-refractivity contribution >= 4 is 11.8 Å². The number of hydrazine groups is 1. The summed E-state index contributed by atoms with van der Waals surface area (Å²) in [7, 11) is 0. The molecule has 0 saturated carbocycles. The summed E-state index contributed by atoms with van der Waals surface area (Å²) >= 11 is 0. The molecule has 1 amide bonds. The summed E-state index contributed by atoms with van der Waals surface area (Å²) in [4.78, 5) is 17.7.